The lowest BCUT2D eigenvalue weighted by molar-refractivity contribution is -0.119. The predicted octanol–water partition coefficient (Wildman–Crippen LogP) is 0.695. The lowest BCUT2D eigenvalue weighted by atomic mass is 10.0. The van der Waals surface area contributed by atoms with Gasteiger partial charge in [-0.25, -0.2) is 0 Å². The molecule has 110 valence electrons. The van der Waals surface area contributed by atoms with Crippen LogP contribution in [0.4, 0.5) is 0 Å². The number of morpholine rings is 1. The van der Waals surface area contributed by atoms with Crippen molar-refractivity contribution in [2.24, 2.45) is 0 Å². The summed E-state index contributed by atoms with van der Waals surface area (Å²) in [4.78, 5) is 14.6. The fourth-order valence-corrected chi connectivity index (χ4v) is 3.16. The smallest absolute Gasteiger partial charge is 0.274 e. The van der Waals surface area contributed by atoms with E-state index in [0.717, 1.165) is 30.8 Å². The maximum atomic E-state index is 12.7. The standard InChI is InChI=1S/C14H22N4O2/c1-9-7-18(8-14(2,3)20-9)13(19)12-10-6-15-5-4-11(10)16-17-12/h9,15H,4-8H2,1-3H3,(H,16,17). The normalized spacial score (nSPS) is 25.4. The van der Waals surface area contributed by atoms with Crippen LogP contribution in [0.15, 0.2) is 0 Å². The van der Waals surface area contributed by atoms with Gasteiger partial charge in [-0.3, -0.25) is 9.89 Å². The highest BCUT2D eigenvalue weighted by Crippen LogP contribution is 2.24. The predicted molar refractivity (Wildman–Crippen MR) is 74.5 cm³/mol. The van der Waals surface area contributed by atoms with Gasteiger partial charge >= 0.3 is 0 Å². The molecule has 1 unspecified atom stereocenters. The number of hydrogen-bond donors (Lipinski definition) is 2. The number of nitrogens with one attached hydrogen (secondary N) is 2. The molecule has 1 saturated heterocycles. The summed E-state index contributed by atoms with van der Waals surface area (Å²) in [6.07, 6.45) is 0.955. The van der Waals surface area contributed by atoms with Crippen molar-refractivity contribution in [2.45, 2.75) is 45.4 Å². The van der Waals surface area contributed by atoms with Gasteiger partial charge in [0, 0.05) is 43.9 Å². The summed E-state index contributed by atoms with van der Waals surface area (Å²) in [5.74, 6) is 0.00873. The number of ether oxygens (including phenoxy) is 1. The highest BCUT2D eigenvalue weighted by Gasteiger charge is 2.36. The van der Waals surface area contributed by atoms with Gasteiger partial charge < -0.3 is 15.0 Å². The van der Waals surface area contributed by atoms with Gasteiger partial charge in [-0.15, -0.1) is 0 Å². The molecule has 0 aromatic carbocycles. The first kappa shape index (κ1) is 13.6. The molecule has 0 spiro atoms. The van der Waals surface area contributed by atoms with E-state index < -0.39 is 0 Å². The molecule has 3 rings (SSSR count). The van der Waals surface area contributed by atoms with Crippen molar-refractivity contribution in [1.82, 2.24) is 20.4 Å². The van der Waals surface area contributed by atoms with Gasteiger partial charge in [-0.05, 0) is 20.8 Å². The van der Waals surface area contributed by atoms with E-state index >= 15 is 0 Å². The van der Waals surface area contributed by atoms with E-state index in [1.807, 2.05) is 25.7 Å². The van der Waals surface area contributed by atoms with E-state index in [2.05, 4.69) is 15.5 Å². The number of carbonyl (C=O) groups excluding carboxylic acids is 1. The number of aromatic amines is 1. The van der Waals surface area contributed by atoms with Crippen LogP contribution in [0.25, 0.3) is 0 Å². The summed E-state index contributed by atoms with van der Waals surface area (Å²) < 4.78 is 5.85. The summed E-state index contributed by atoms with van der Waals surface area (Å²) in [5.41, 5.74) is 2.38. The molecular weight excluding hydrogens is 256 g/mol. The van der Waals surface area contributed by atoms with Crippen molar-refractivity contribution in [3.8, 4) is 0 Å². The van der Waals surface area contributed by atoms with Crippen molar-refractivity contribution < 1.29 is 9.53 Å². The molecule has 1 atom stereocenters. The van der Waals surface area contributed by atoms with Crippen LogP contribution < -0.4 is 5.32 Å². The van der Waals surface area contributed by atoms with Crippen molar-refractivity contribution >= 4 is 5.91 Å². The van der Waals surface area contributed by atoms with E-state index in [0.29, 0.717) is 18.8 Å². The van der Waals surface area contributed by atoms with Crippen LogP contribution in [0.1, 0.15) is 42.5 Å². The molecule has 6 nitrogen and oxygen atoms in total. The summed E-state index contributed by atoms with van der Waals surface area (Å²) >= 11 is 0. The summed E-state index contributed by atoms with van der Waals surface area (Å²) in [7, 11) is 0. The minimum atomic E-state index is -0.304. The first-order valence-corrected chi connectivity index (χ1v) is 7.20. The number of rotatable bonds is 1. The molecule has 1 aromatic rings. The Morgan fingerprint density at radius 1 is 1.50 bits per heavy atom. The Morgan fingerprint density at radius 3 is 3.05 bits per heavy atom. The number of carbonyl (C=O) groups is 1. The van der Waals surface area contributed by atoms with Gasteiger partial charge in [0.05, 0.1) is 11.7 Å². The Labute approximate surface area is 118 Å². The SMILES string of the molecule is CC1CN(C(=O)c2n[nH]c3c2CNCC3)CC(C)(C)O1. The first-order chi connectivity index (χ1) is 9.46. The summed E-state index contributed by atoms with van der Waals surface area (Å²) in [5, 5.41) is 10.6. The Bertz CT molecular complexity index is 523. The number of nitrogens with zero attached hydrogens (tertiary/aromatic N) is 2. The number of fused-ring (bicyclic) bond motifs is 1. The van der Waals surface area contributed by atoms with E-state index in [9.17, 15) is 4.79 Å². The molecule has 1 aromatic heterocycles. The molecule has 1 amide bonds. The van der Waals surface area contributed by atoms with Gasteiger partial charge in [-0.1, -0.05) is 0 Å². The molecule has 0 aliphatic carbocycles. The number of hydrogen-bond acceptors (Lipinski definition) is 4. The minimum Gasteiger partial charge on any atom is -0.369 e. The van der Waals surface area contributed by atoms with Crippen molar-refractivity contribution in [3.63, 3.8) is 0 Å². The van der Waals surface area contributed by atoms with E-state index in [4.69, 9.17) is 4.74 Å². The van der Waals surface area contributed by atoms with Crippen LogP contribution in [-0.2, 0) is 17.7 Å². The fraction of sp³-hybridized carbons (Fsp3) is 0.714. The Hall–Kier alpha value is -1.40. The van der Waals surface area contributed by atoms with Crippen molar-refractivity contribution in [3.05, 3.63) is 17.0 Å². The Morgan fingerprint density at radius 2 is 2.30 bits per heavy atom. The van der Waals surface area contributed by atoms with E-state index in [1.54, 1.807) is 0 Å². The molecule has 2 aliphatic rings. The number of aromatic nitrogens is 2. The van der Waals surface area contributed by atoms with E-state index in [-0.39, 0.29) is 17.6 Å². The van der Waals surface area contributed by atoms with Crippen molar-refractivity contribution in [2.75, 3.05) is 19.6 Å². The molecule has 0 bridgehead atoms. The topological polar surface area (TPSA) is 70.2 Å². The number of H-pyrrole nitrogens is 1. The third kappa shape index (κ3) is 2.45. The third-order valence-corrected chi connectivity index (χ3v) is 3.87. The zero-order chi connectivity index (χ0) is 14.3. The molecule has 6 heteroatoms. The van der Waals surface area contributed by atoms with Gasteiger partial charge in [0.25, 0.3) is 5.91 Å². The van der Waals surface area contributed by atoms with Crippen LogP contribution >= 0.6 is 0 Å². The highest BCUT2D eigenvalue weighted by atomic mass is 16.5. The molecule has 2 N–H and O–H groups in total. The maximum Gasteiger partial charge on any atom is 0.274 e. The maximum absolute atomic E-state index is 12.7. The zero-order valence-electron chi connectivity index (χ0n) is 12.3. The minimum absolute atomic E-state index is 0.00873. The molecule has 3 heterocycles. The van der Waals surface area contributed by atoms with Crippen LogP contribution in [0.5, 0.6) is 0 Å². The molecule has 20 heavy (non-hydrogen) atoms. The van der Waals surface area contributed by atoms with Gasteiger partial charge in [0.1, 0.15) is 0 Å². The number of amides is 1. The van der Waals surface area contributed by atoms with Gasteiger partial charge in [0.2, 0.25) is 0 Å². The largest absolute Gasteiger partial charge is 0.369 e. The van der Waals surface area contributed by atoms with Gasteiger partial charge in [-0.2, -0.15) is 5.10 Å². The molecular formula is C14H22N4O2. The Balaban J connectivity index is 1.83. The van der Waals surface area contributed by atoms with Crippen LogP contribution in [0.3, 0.4) is 0 Å². The van der Waals surface area contributed by atoms with Crippen LogP contribution in [0.2, 0.25) is 0 Å². The van der Waals surface area contributed by atoms with Crippen LogP contribution in [-0.4, -0.2) is 52.3 Å². The second kappa shape index (κ2) is 4.86. The van der Waals surface area contributed by atoms with E-state index in [1.165, 1.54) is 0 Å². The average molecular weight is 278 g/mol. The Kier molecular flexibility index (Phi) is 3.30. The second-order valence-corrected chi connectivity index (χ2v) is 6.33. The zero-order valence-corrected chi connectivity index (χ0v) is 12.3. The van der Waals surface area contributed by atoms with Gasteiger partial charge in [0.15, 0.2) is 5.69 Å². The molecule has 2 aliphatic heterocycles. The van der Waals surface area contributed by atoms with Crippen LogP contribution in [0, 0.1) is 0 Å². The average Bonchev–Trinajstić information content (AvgIpc) is 2.79. The first-order valence-electron chi connectivity index (χ1n) is 7.20. The quantitative estimate of drug-likeness (QED) is 0.793. The monoisotopic (exact) mass is 278 g/mol. The van der Waals surface area contributed by atoms with Crippen molar-refractivity contribution in [1.29, 1.82) is 0 Å². The molecule has 1 fully saturated rings. The third-order valence-electron chi connectivity index (χ3n) is 3.87. The lowest BCUT2D eigenvalue weighted by Crippen LogP contribution is -2.54. The summed E-state index contributed by atoms with van der Waals surface area (Å²) in [6, 6.07) is 0. The fourth-order valence-electron chi connectivity index (χ4n) is 3.16. The molecule has 0 radical (unpaired) electrons. The lowest BCUT2D eigenvalue weighted by Gasteiger charge is -2.41. The second-order valence-electron chi connectivity index (χ2n) is 6.33. The molecule has 0 saturated carbocycles. The highest BCUT2D eigenvalue weighted by molar-refractivity contribution is 5.94. The summed E-state index contributed by atoms with van der Waals surface area (Å²) in [6.45, 7) is 8.92.